The molecule has 0 aliphatic heterocycles. The Balaban J connectivity index is 1.61. The third-order valence-corrected chi connectivity index (χ3v) is 5.52. The second-order valence-corrected chi connectivity index (χ2v) is 8.09. The molecule has 0 aliphatic carbocycles. The van der Waals surface area contributed by atoms with Gasteiger partial charge in [-0.15, -0.1) is 0 Å². The summed E-state index contributed by atoms with van der Waals surface area (Å²) in [6.45, 7) is 1.75. The first kappa shape index (κ1) is 21.4. The van der Waals surface area contributed by atoms with E-state index in [2.05, 4.69) is 4.98 Å². The van der Waals surface area contributed by atoms with Crippen molar-refractivity contribution in [1.29, 1.82) is 0 Å². The van der Waals surface area contributed by atoms with Crippen molar-refractivity contribution in [2.45, 2.75) is 20.0 Å². The highest BCUT2D eigenvalue weighted by molar-refractivity contribution is 5.85. The lowest BCUT2D eigenvalue weighted by Gasteiger charge is -2.13. The minimum absolute atomic E-state index is 0.0268. The molecule has 0 saturated heterocycles. The largest absolute Gasteiger partial charge is 0.481 e. The summed E-state index contributed by atoms with van der Waals surface area (Å²) < 4.78 is 14.2. The van der Waals surface area contributed by atoms with Crippen molar-refractivity contribution >= 4 is 16.8 Å². The van der Waals surface area contributed by atoms with Crippen LogP contribution < -0.4 is 10.2 Å². The standard InChI is InChI=1S/C28H22N2O4/c1-19(31)15-21-7-12-25-24(16-21)26(32)28(33-17-20-5-3-2-4-6-20)27(34-25)22-8-10-23(11-9-22)30-14-13-29-18-30/h2-14,16,18H,15,17H2,1H3. The molecular weight excluding hydrogens is 428 g/mol. The Kier molecular flexibility index (Phi) is 5.79. The molecule has 0 spiro atoms. The van der Waals surface area contributed by atoms with Gasteiger partial charge in [-0.1, -0.05) is 36.4 Å². The van der Waals surface area contributed by atoms with E-state index in [1.54, 1.807) is 24.7 Å². The smallest absolute Gasteiger partial charge is 0.235 e. The van der Waals surface area contributed by atoms with E-state index in [9.17, 15) is 9.59 Å². The van der Waals surface area contributed by atoms with Gasteiger partial charge in [0.25, 0.3) is 0 Å². The van der Waals surface area contributed by atoms with E-state index in [0.29, 0.717) is 16.7 Å². The number of carbonyl (C=O) groups excluding carboxylic acids is 1. The summed E-state index contributed by atoms with van der Waals surface area (Å²) in [5, 5.41) is 0.389. The maximum Gasteiger partial charge on any atom is 0.235 e. The average molecular weight is 450 g/mol. The number of benzene rings is 3. The quantitative estimate of drug-likeness (QED) is 0.334. The van der Waals surface area contributed by atoms with Crippen molar-refractivity contribution in [2.24, 2.45) is 0 Å². The zero-order valence-corrected chi connectivity index (χ0v) is 18.6. The number of fused-ring (bicyclic) bond motifs is 1. The van der Waals surface area contributed by atoms with Crippen molar-refractivity contribution in [3.63, 3.8) is 0 Å². The van der Waals surface area contributed by atoms with Crippen LogP contribution >= 0.6 is 0 Å². The summed E-state index contributed by atoms with van der Waals surface area (Å²) >= 11 is 0. The van der Waals surface area contributed by atoms with Crippen molar-refractivity contribution in [3.8, 4) is 22.8 Å². The average Bonchev–Trinajstić information content (AvgIpc) is 3.39. The Morgan fingerprint density at radius 3 is 2.50 bits per heavy atom. The molecule has 2 aromatic heterocycles. The monoisotopic (exact) mass is 450 g/mol. The zero-order valence-electron chi connectivity index (χ0n) is 18.6. The lowest BCUT2D eigenvalue weighted by atomic mass is 10.0. The van der Waals surface area contributed by atoms with Crippen molar-refractivity contribution < 1.29 is 13.9 Å². The molecule has 0 fully saturated rings. The Labute approximate surface area is 196 Å². The van der Waals surface area contributed by atoms with Gasteiger partial charge in [-0.2, -0.15) is 0 Å². The van der Waals surface area contributed by atoms with E-state index in [4.69, 9.17) is 9.15 Å². The molecule has 6 heteroatoms. The van der Waals surface area contributed by atoms with Crippen LogP contribution in [0.15, 0.2) is 101 Å². The normalized spacial score (nSPS) is 11.0. The number of rotatable bonds is 7. The van der Waals surface area contributed by atoms with Crippen LogP contribution in [0.3, 0.4) is 0 Å². The fourth-order valence-corrected chi connectivity index (χ4v) is 3.87. The number of hydrogen-bond acceptors (Lipinski definition) is 5. The Morgan fingerprint density at radius 1 is 1.00 bits per heavy atom. The molecule has 0 unspecified atom stereocenters. The predicted octanol–water partition coefficient (Wildman–Crippen LogP) is 5.36. The number of carbonyl (C=O) groups is 1. The molecule has 34 heavy (non-hydrogen) atoms. The summed E-state index contributed by atoms with van der Waals surface area (Å²) in [7, 11) is 0. The molecule has 168 valence electrons. The van der Waals surface area contributed by atoms with Gasteiger partial charge >= 0.3 is 0 Å². The molecule has 0 saturated carbocycles. The van der Waals surface area contributed by atoms with Crippen LogP contribution in [0.1, 0.15) is 18.1 Å². The third kappa shape index (κ3) is 4.38. The molecule has 0 radical (unpaired) electrons. The van der Waals surface area contributed by atoms with Gasteiger partial charge in [-0.25, -0.2) is 4.98 Å². The van der Waals surface area contributed by atoms with Gasteiger partial charge in [0.1, 0.15) is 18.0 Å². The molecule has 0 bridgehead atoms. The lowest BCUT2D eigenvalue weighted by molar-refractivity contribution is -0.116. The number of aromatic nitrogens is 2. The lowest BCUT2D eigenvalue weighted by Crippen LogP contribution is -2.11. The first-order valence-electron chi connectivity index (χ1n) is 10.9. The topological polar surface area (TPSA) is 74.3 Å². The molecule has 0 N–H and O–H groups in total. The van der Waals surface area contributed by atoms with Crippen LogP contribution in [0.4, 0.5) is 0 Å². The van der Waals surface area contributed by atoms with Crippen LogP contribution in [0.5, 0.6) is 5.75 Å². The summed E-state index contributed by atoms with van der Waals surface area (Å²) in [5.41, 5.74) is 3.53. The van der Waals surface area contributed by atoms with Gasteiger partial charge < -0.3 is 13.7 Å². The van der Waals surface area contributed by atoms with Crippen LogP contribution in [0.25, 0.3) is 28.0 Å². The first-order valence-corrected chi connectivity index (χ1v) is 10.9. The third-order valence-electron chi connectivity index (χ3n) is 5.52. The minimum atomic E-state index is -0.267. The highest BCUT2D eigenvalue weighted by Gasteiger charge is 2.19. The van der Waals surface area contributed by atoms with Gasteiger partial charge in [0.2, 0.25) is 11.2 Å². The van der Waals surface area contributed by atoms with E-state index < -0.39 is 0 Å². The second kappa shape index (κ2) is 9.19. The van der Waals surface area contributed by atoms with Crippen LogP contribution in [-0.4, -0.2) is 15.3 Å². The van der Waals surface area contributed by atoms with Crippen molar-refractivity contribution in [3.05, 3.63) is 113 Å². The van der Waals surface area contributed by atoms with E-state index in [-0.39, 0.29) is 30.0 Å². The van der Waals surface area contributed by atoms with Crippen LogP contribution in [0, 0.1) is 0 Å². The van der Waals surface area contributed by atoms with E-state index in [1.165, 1.54) is 6.92 Å². The van der Waals surface area contributed by atoms with Crippen LogP contribution in [-0.2, 0) is 17.8 Å². The SMILES string of the molecule is CC(=O)Cc1ccc2oc(-c3ccc(-n4ccnc4)cc3)c(OCc3ccccc3)c(=O)c2c1. The maximum atomic E-state index is 13.6. The van der Waals surface area contributed by atoms with Gasteiger partial charge in [-0.05, 0) is 54.4 Å². The Bertz CT molecular complexity index is 1500. The molecule has 6 nitrogen and oxygen atoms in total. The van der Waals surface area contributed by atoms with Crippen LogP contribution in [0.2, 0.25) is 0 Å². The van der Waals surface area contributed by atoms with Crippen molar-refractivity contribution in [1.82, 2.24) is 9.55 Å². The number of hydrogen-bond donors (Lipinski definition) is 0. The first-order chi connectivity index (χ1) is 16.6. The van der Waals surface area contributed by atoms with Gasteiger partial charge in [0.15, 0.2) is 5.76 Å². The van der Waals surface area contributed by atoms with Gasteiger partial charge in [0.05, 0.1) is 11.7 Å². The summed E-state index contributed by atoms with van der Waals surface area (Å²) in [6.07, 6.45) is 5.55. The highest BCUT2D eigenvalue weighted by Crippen LogP contribution is 2.32. The predicted molar refractivity (Wildman–Crippen MR) is 130 cm³/mol. The van der Waals surface area contributed by atoms with Gasteiger partial charge in [-0.3, -0.25) is 9.59 Å². The zero-order chi connectivity index (χ0) is 23.5. The molecule has 3 aromatic carbocycles. The molecule has 0 atom stereocenters. The number of nitrogens with zero attached hydrogens (tertiary/aromatic N) is 2. The van der Waals surface area contributed by atoms with E-state index >= 15 is 0 Å². The molecule has 0 aliphatic rings. The molecular formula is C28H22N2O4. The van der Waals surface area contributed by atoms with E-state index in [1.807, 2.05) is 71.4 Å². The van der Waals surface area contributed by atoms with E-state index in [0.717, 1.165) is 22.4 Å². The maximum absolute atomic E-state index is 13.6. The number of ether oxygens (including phenoxy) is 1. The highest BCUT2D eigenvalue weighted by atomic mass is 16.5. The number of ketones is 1. The van der Waals surface area contributed by atoms with Gasteiger partial charge in [0, 0.05) is 30.1 Å². The summed E-state index contributed by atoms with van der Waals surface area (Å²) in [5.74, 6) is 0.538. The molecule has 2 heterocycles. The minimum Gasteiger partial charge on any atom is -0.481 e. The fourth-order valence-electron chi connectivity index (χ4n) is 3.87. The molecule has 0 amide bonds. The summed E-state index contributed by atoms with van der Waals surface area (Å²) in [4.78, 5) is 29.2. The Morgan fingerprint density at radius 2 is 1.79 bits per heavy atom. The number of imidazole rings is 1. The second-order valence-electron chi connectivity index (χ2n) is 8.09. The molecule has 5 rings (SSSR count). The Hall–Kier alpha value is -4.45. The molecule has 5 aromatic rings. The van der Waals surface area contributed by atoms with Crippen molar-refractivity contribution in [2.75, 3.05) is 0 Å². The number of Topliss-reactive ketones (excluding diaryl/α,β-unsaturated/α-hetero) is 1. The fraction of sp³-hybridized carbons (Fsp3) is 0.107. The summed E-state index contributed by atoms with van der Waals surface area (Å²) in [6, 6.07) is 22.5.